The third-order valence-electron chi connectivity index (χ3n) is 1.11. The SMILES string of the molecule is NC/C=C/CC/C=C/CN. The first-order valence-electron chi connectivity index (χ1n) is 3.62. The Kier molecular flexibility index (Phi) is 7.90. The van der Waals surface area contributed by atoms with Gasteiger partial charge in [-0.1, -0.05) is 24.3 Å². The molecule has 0 aromatic carbocycles. The molecule has 0 aromatic rings. The van der Waals surface area contributed by atoms with E-state index in [0.29, 0.717) is 13.1 Å². The van der Waals surface area contributed by atoms with E-state index in [1.165, 1.54) is 0 Å². The Morgan fingerprint density at radius 1 is 0.700 bits per heavy atom. The quantitative estimate of drug-likeness (QED) is 0.438. The Balaban J connectivity index is 3.04. The topological polar surface area (TPSA) is 52.0 Å². The lowest BCUT2D eigenvalue weighted by Crippen LogP contribution is -1.92. The van der Waals surface area contributed by atoms with Gasteiger partial charge in [0.05, 0.1) is 0 Å². The number of unbranched alkanes of at least 4 members (excludes halogenated alkanes) is 1. The molecule has 0 aliphatic rings. The highest BCUT2D eigenvalue weighted by molar-refractivity contribution is 4.88. The molecule has 0 aliphatic heterocycles. The van der Waals surface area contributed by atoms with Crippen molar-refractivity contribution in [2.75, 3.05) is 13.1 Å². The van der Waals surface area contributed by atoms with Gasteiger partial charge in [-0.15, -0.1) is 0 Å². The summed E-state index contributed by atoms with van der Waals surface area (Å²) in [5.41, 5.74) is 10.5. The zero-order chi connectivity index (χ0) is 7.66. The highest BCUT2D eigenvalue weighted by Crippen LogP contribution is 1.91. The molecular weight excluding hydrogens is 124 g/mol. The number of hydrogen-bond acceptors (Lipinski definition) is 2. The predicted molar refractivity (Wildman–Crippen MR) is 45.6 cm³/mol. The summed E-state index contributed by atoms with van der Waals surface area (Å²) in [7, 11) is 0. The van der Waals surface area contributed by atoms with Gasteiger partial charge < -0.3 is 11.5 Å². The first-order chi connectivity index (χ1) is 4.91. The van der Waals surface area contributed by atoms with Gasteiger partial charge in [-0.3, -0.25) is 0 Å². The number of nitrogens with two attached hydrogens (primary N) is 2. The van der Waals surface area contributed by atoms with Crippen LogP contribution in [-0.2, 0) is 0 Å². The van der Waals surface area contributed by atoms with Crippen LogP contribution < -0.4 is 11.5 Å². The molecule has 2 heteroatoms. The highest BCUT2D eigenvalue weighted by Gasteiger charge is 1.74. The predicted octanol–water partition coefficient (Wildman–Crippen LogP) is 0.796. The molecular formula is C8H16N2. The third-order valence-corrected chi connectivity index (χ3v) is 1.11. The molecule has 0 aliphatic carbocycles. The molecule has 58 valence electrons. The van der Waals surface area contributed by atoms with Crippen LogP contribution in [0.5, 0.6) is 0 Å². The largest absolute Gasteiger partial charge is 0.327 e. The zero-order valence-electron chi connectivity index (χ0n) is 6.29. The van der Waals surface area contributed by atoms with Crippen molar-refractivity contribution in [3.05, 3.63) is 24.3 Å². The van der Waals surface area contributed by atoms with Crippen LogP contribution in [0.4, 0.5) is 0 Å². The molecule has 2 nitrogen and oxygen atoms in total. The zero-order valence-corrected chi connectivity index (χ0v) is 6.29. The van der Waals surface area contributed by atoms with Crippen molar-refractivity contribution in [2.45, 2.75) is 12.8 Å². The van der Waals surface area contributed by atoms with Crippen molar-refractivity contribution in [2.24, 2.45) is 11.5 Å². The van der Waals surface area contributed by atoms with Gasteiger partial charge in [0.25, 0.3) is 0 Å². The van der Waals surface area contributed by atoms with Crippen molar-refractivity contribution in [1.29, 1.82) is 0 Å². The lowest BCUT2D eigenvalue weighted by Gasteiger charge is -1.85. The molecule has 0 saturated carbocycles. The summed E-state index contributed by atoms with van der Waals surface area (Å²) in [6.07, 6.45) is 10.2. The van der Waals surface area contributed by atoms with E-state index in [2.05, 4.69) is 12.2 Å². The average molecular weight is 140 g/mol. The Bertz CT molecular complexity index is 91.8. The van der Waals surface area contributed by atoms with Crippen LogP contribution >= 0.6 is 0 Å². The number of hydrogen-bond donors (Lipinski definition) is 2. The molecule has 0 aromatic heterocycles. The normalized spacial score (nSPS) is 11.8. The van der Waals surface area contributed by atoms with E-state index in [-0.39, 0.29) is 0 Å². The molecule has 0 amide bonds. The van der Waals surface area contributed by atoms with Gasteiger partial charge >= 0.3 is 0 Å². The van der Waals surface area contributed by atoms with Gasteiger partial charge in [0.15, 0.2) is 0 Å². The van der Waals surface area contributed by atoms with E-state index in [0.717, 1.165) is 12.8 Å². The van der Waals surface area contributed by atoms with Crippen molar-refractivity contribution < 1.29 is 0 Å². The third kappa shape index (κ3) is 7.40. The van der Waals surface area contributed by atoms with Gasteiger partial charge in [-0.05, 0) is 12.8 Å². The summed E-state index contributed by atoms with van der Waals surface area (Å²) in [5.74, 6) is 0. The Hall–Kier alpha value is -0.600. The van der Waals surface area contributed by atoms with Crippen molar-refractivity contribution in [1.82, 2.24) is 0 Å². The van der Waals surface area contributed by atoms with Gasteiger partial charge in [-0.25, -0.2) is 0 Å². The summed E-state index contributed by atoms with van der Waals surface area (Å²) in [4.78, 5) is 0. The Morgan fingerprint density at radius 2 is 1.10 bits per heavy atom. The van der Waals surface area contributed by atoms with Gasteiger partial charge in [-0.2, -0.15) is 0 Å². The minimum atomic E-state index is 0.639. The molecule has 0 fully saturated rings. The van der Waals surface area contributed by atoms with Crippen molar-refractivity contribution in [3.63, 3.8) is 0 Å². The van der Waals surface area contributed by atoms with Gasteiger partial charge in [0.2, 0.25) is 0 Å². The van der Waals surface area contributed by atoms with E-state index in [4.69, 9.17) is 11.5 Å². The second-order valence-electron chi connectivity index (χ2n) is 1.99. The molecule has 0 unspecified atom stereocenters. The molecule has 0 radical (unpaired) electrons. The molecule has 0 rings (SSSR count). The van der Waals surface area contributed by atoms with Crippen molar-refractivity contribution in [3.8, 4) is 0 Å². The lowest BCUT2D eigenvalue weighted by atomic mass is 10.2. The van der Waals surface area contributed by atoms with E-state index in [1.54, 1.807) is 0 Å². The van der Waals surface area contributed by atoms with Crippen LogP contribution in [-0.4, -0.2) is 13.1 Å². The summed E-state index contributed by atoms with van der Waals surface area (Å²) in [6, 6.07) is 0. The van der Waals surface area contributed by atoms with Gasteiger partial charge in [0.1, 0.15) is 0 Å². The van der Waals surface area contributed by atoms with Crippen LogP contribution in [0.1, 0.15) is 12.8 Å². The number of rotatable bonds is 5. The molecule has 10 heavy (non-hydrogen) atoms. The molecule has 0 heterocycles. The fraction of sp³-hybridized carbons (Fsp3) is 0.500. The van der Waals surface area contributed by atoms with Gasteiger partial charge in [0, 0.05) is 13.1 Å². The first-order valence-corrected chi connectivity index (χ1v) is 3.62. The summed E-state index contributed by atoms with van der Waals surface area (Å²) < 4.78 is 0. The first kappa shape index (κ1) is 9.40. The minimum Gasteiger partial charge on any atom is -0.327 e. The maximum atomic E-state index is 5.24. The molecule has 0 atom stereocenters. The van der Waals surface area contributed by atoms with Crippen LogP contribution in [0.2, 0.25) is 0 Å². The standard InChI is InChI=1S/C8H16N2/c9-7-5-3-1-2-4-6-8-10/h3-6H,1-2,7-10H2/b5-3+,6-4+. The van der Waals surface area contributed by atoms with Crippen LogP contribution in [0.25, 0.3) is 0 Å². The van der Waals surface area contributed by atoms with E-state index >= 15 is 0 Å². The maximum absolute atomic E-state index is 5.24. The van der Waals surface area contributed by atoms with Crippen molar-refractivity contribution >= 4 is 0 Å². The minimum absolute atomic E-state index is 0.639. The Labute approximate surface area is 62.6 Å². The fourth-order valence-corrected chi connectivity index (χ4v) is 0.621. The Morgan fingerprint density at radius 3 is 1.40 bits per heavy atom. The van der Waals surface area contributed by atoms with Crippen LogP contribution in [0.15, 0.2) is 24.3 Å². The summed E-state index contributed by atoms with van der Waals surface area (Å²) >= 11 is 0. The van der Waals surface area contributed by atoms with E-state index in [9.17, 15) is 0 Å². The smallest absolute Gasteiger partial charge is 0.0106 e. The van der Waals surface area contributed by atoms with E-state index in [1.807, 2.05) is 12.2 Å². The average Bonchev–Trinajstić information content (AvgIpc) is 1.97. The second kappa shape index (κ2) is 8.40. The molecule has 4 N–H and O–H groups in total. The second-order valence-corrected chi connectivity index (χ2v) is 1.99. The summed E-state index contributed by atoms with van der Waals surface area (Å²) in [6.45, 7) is 1.28. The van der Waals surface area contributed by atoms with Crippen LogP contribution in [0.3, 0.4) is 0 Å². The fourth-order valence-electron chi connectivity index (χ4n) is 0.621. The molecule has 0 spiro atoms. The van der Waals surface area contributed by atoms with Crippen LogP contribution in [0, 0.1) is 0 Å². The molecule has 0 saturated heterocycles. The highest BCUT2D eigenvalue weighted by atomic mass is 14.5. The monoisotopic (exact) mass is 140 g/mol. The van der Waals surface area contributed by atoms with E-state index < -0.39 is 0 Å². The maximum Gasteiger partial charge on any atom is 0.0106 e. The summed E-state index contributed by atoms with van der Waals surface area (Å²) in [5, 5.41) is 0. The molecule has 0 bridgehead atoms. The number of allylic oxidation sites excluding steroid dienone is 2. The lowest BCUT2D eigenvalue weighted by molar-refractivity contribution is 1.03.